The number of benzene rings is 1. The Labute approximate surface area is 146 Å². The Hall–Kier alpha value is -3.00. The van der Waals surface area contributed by atoms with E-state index in [1.54, 1.807) is 41.8 Å². The molecule has 0 unspecified atom stereocenters. The number of Topliss-reactive ketones (excluding diaryl/α,β-unsaturated/α-hetero) is 1. The number of imide groups is 1. The maximum Gasteiger partial charge on any atom is 0.278 e. The van der Waals surface area contributed by atoms with Gasteiger partial charge in [0.1, 0.15) is 17.4 Å². The second-order valence-corrected chi connectivity index (χ2v) is 6.44. The fourth-order valence-electron chi connectivity index (χ4n) is 2.89. The Balaban J connectivity index is 1.65. The molecule has 0 saturated carbocycles. The van der Waals surface area contributed by atoms with E-state index in [0.29, 0.717) is 16.3 Å². The second-order valence-electron chi connectivity index (χ2n) is 5.50. The van der Waals surface area contributed by atoms with E-state index in [2.05, 4.69) is 5.16 Å². The fraction of sp³-hybridized carbons (Fsp3) is 0.176. The minimum Gasteiger partial charge on any atom is -0.497 e. The van der Waals surface area contributed by atoms with Crippen LogP contribution in [0.4, 0.5) is 5.69 Å². The number of fused-ring (bicyclic) bond motifs is 1. The van der Waals surface area contributed by atoms with E-state index >= 15 is 0 Å². The standard InChI is InChI=1S/C17H12N2O5S/c1-23-10-6-4-9(5-7-10)19-16(21)12-13(18-24-15(12)17(19)22)14(20)11-3-2-8-25-11/h2-8,12,15H,1H3/t12-,15+/m0/s1. The van der Waals surface area contributed by atoms with E-state index in [-0.39, 0.29) is 11.5 Å². The van der Waals surface area contributed by atoms with Crippen LogP contribution in [0.25, 0.3) is 0 Å². The topological polar surface area (TPSA) is 85.3 Å². The summed E-state index contributed by atoms with van der Waals surface area (Å²) in [5.74, 6) is -1.84. The molecule has 2 atom stereocenters. The zero-order valence-corrected chi connectivity index (χ0v) is 13.9. The van der Waals surface area contributed by atoms with Crippen molar-refractivity contribution in [1.29, 1.82) is 0 Å². The summed E-state index contributed by atoms with van der Waals surface area (Å²) in [6.45, 7) is 0. The van der Waals surface area contributed by atoms with E-state index in [1.165, 1.54) is 18.4 Å². The molecule has 2 aliphatic heterocycles. The number of methoxy groups -OCH3 is 1. The highest BCUT2D eigenvalue weighted by molar-refractivity contribution is 7.13. The molecule has 0 aliphatic carbocycles. The summed E-state index contributed by atoms with van der Waals surface area (Å²) in [6.07, 6.45) is -1.09. The van der Waals surface area contributed by atoms with Crippen LogP contribution in [0.15, 0.2) is 46.9 Å². The molecule has 25 heavy (non-hydrogen) atoms. The van der Waals surface area contributed by atoms with E-state index in [1.807, 2.05) is 0 Å². The van der Waals surface area contributed by atoms with Gasteiger partial charge in [0, 0.05) is 0 Å². The molecule has 4 rings (SSSR count). The first-order valence-electron chi connectivity index (χ1n) is 7.45. The molecule has 2 aliphatic rings. The van der Waals surface area contributed by atoms with Crippen molar-refractivity contribution in [2.75, 3.05) is 12.0 Å². The SMILES string of the molecule is COc1ccc(N2C(=O)[C@H]3C(C(=O)c4cccs4)=NO[C@H]3C2=O)cc1. The molecule has 1 aromatic carbocycles. The molecule has 1 saturated heterocycles. The lowest BCUT2D eigenvalue weighted by Crippen LogP contribution is -2.34. The minimum atomic E-state index is -1.09. The molecule has 2 amide bonds. The average molecular weight is 356 g/mol. The molecule has 126 valence electrons. The Morgan fingerprint density at radius 3 is 2.60 bits per heavy atom. The van der Waals surface area contributed by atoms with Crippen LogP contribution in [0, 0.1) is 5.92 Å². The number of hydrogen-bond donors (Lipinski definition) is 0. The van der Waals surface area contributed by atoms with Gasteiger partial charge < -0.3 is 9.57 Å². The van der Waals surface area contributed by atoms with E-state index in [9.17, 15) is 14.4 Å². The number of carbonyl (C=O) groups is 3. The smallest absolute Gasteiger partial charge is 0.278 e. The molecular weight excluding hydrogens is 344 g/mol. The predicted octanol–water partition coefficient (Wildman–Crippen LogP) is 1.88. The van der Waals surface area contributed by atoms with Crippen LogP contribution in [0.3, 0.4) is 0 Å². The summed E-state index contributed by atoms with van der Waals surface area (Å²) in [5.41, 5.74) is 0.374. The Morgan fingerprint density at radius 2 is 1.96 bits per heavy atom. The number of oxime groups is 1. The minimum absolute atomic E-state index is 0.0261. The maximum absolute atomic E-state index is 12.8. The van der Waals surface area contributed by atoms with Gasteiger partial charge in [0.25, 0.3) is 5.91 Å². The number of rotatable bonds is 4. The summed E-state index contributed by atoms with van der Waals surface area (Å²) in [5, 5.41) is 5.47. The molecule has 3 heterocycles. The van der Waals surface area contributed by atoms with E-state index in [4.69, 9.17) is 9.57 Å². The van der Waals surface area contributed by atoms with Crippen LogP contribution in [0.5, 0.6) is 5.75 Å². The van der Waals surface area contributed by atoms with Crippen molar-refractivity contribution in [2.24, 2.45) is 11.1 Å². The highest BCUT2D eigenvalue weighted by Gasteiger charge is 2.57. The van der Waals surface area contributed by atoms with Crippen molar-refractivity contribution in [2.45, 2.75) is 6.10 Å². The van der Waals surface area contributed by atoms with E-state index < -0.39 is 23.8 Å². The van der Waals surface area contributed by atoms with Crippen LogP contribution in [0.1, 0.15) is 9.67 Å². The van der Waals surface area contributed by atoms with Gasteiger partial charge in [0.2, 0.25) is 17.8 Å². The number of ether oxygens (including phenoxy) is 1. The number of amides is 2. The first-order valence-corrected chi connectivity index (χ1v) is 8.33. The molecule has 1 aromatic heterocycles. The third kappa shape index (κ3) is 2.33. The maximum atomic E-state index is 12.8. The van der Waals surface area contributed by atoms with Gasteiger partial charge in [-0.15, -0.1) is 11.3 Å². The molecule has 2 aromatic rings. The number of ketones is 1. The summed E-state index contributed by atoms with van der Waals surface area (Å²) in [6, 6.07) is 9.89. The van der Waals surface area contributed by atoms with Gasteiger partial charge in [0.05, 0.1) is 17.7 Å². The molecule has 7 nitrogen and oxygen atoms in total. The van der Waals surface area contributed by atoms with Crippen LogP contribution in [-0.4, -0.2) is 36.5 Å². The number of carbonyl (C=O) groups excluding carboxylic acids is 3. The molecule has 0 radical (unpaired) electrons. The van der Waals surface area contributed by atoms with Crippen molar-refractivity contribution in [3.05, 3.63) is 46.7 Å². The highest BCUT2D eigenvalue weighted by Crippen LogP contribution is 2.35. The van der Waals surface area contributed by atoms with Crippen LogP contribution >= 0.6 is 11.3 Å². The van der Waals surface area contributed by atoms with E-state index in [0.717, 1.165) is 4.90 Å². The van der Waals surface area contributed by atoms with Crippen LogP contribution in [-0.2, 0) is 14.4 Å². The average Bonchev–Trinajstić information content (AvgIpc) is 3.35. The number of anilines is 1. The van der Waals surface area contributed by atoms with Gasteiger partial charge in [0.15, 0.2) is 0 Å². The number of hydrogen-bond acceptors (Lipinski definition) is 7. The Bertz CT molecular complexity index is 888. The fourth-order valence-corrected chi connectivity index (χ4v) is 3.56. The third-order valence-electron chi connectivity index (χ3n) is 4.12. The van der Waals surface area contributed by atoms with Crippen molar-refractivity contribution in [3.63, 3.8) is 0 Å². The molecule has 8 heteroatoms. The molecule has 1 fully saturated rings. The third-order valence-corrected chi connectivity index (χ3v) is 4.99. The lowest BCUT2D eigenvalue weighted by atomic mass is 9.96. The zero-order chi connectivity index (χ0) is 17.6. The molecule has 0 N–H and O–H groups in total. The number of thiophene rings is 1. The number of nitrogens with zero attached hydrogens (tertiary/aromatic N) is 2. The summed E-state index contributed by atoms with van der Waals surface area (Å²) in [4.78, 5) is 44.5. The van der Waals surface area contributed by atoms with Crippen molar-refractivity contribution >= 4 is 40.3 Å². The van der Waals surface area contributed by atoms with Gasteiger partial charge in [-0.2, -0.15) is 0 Å². The monoisotopic (exact) mass is 356 g/mol. The predicted molar refractivity (Wildman–Crippen MR) is 89.9 cm³/mol. The zero-order valence-electron chi connectivity index (χ0n) is 13.0. The largest absolute Gasteiger partial charge is 0.497 e. The normalized spacial score (nSPS) is 21.8. The molecule has 0 spiro atoms. The van der Waals surface area contributed by atoms with Gasteiger partial charge in [-0.3, -0.25) is 14.4 Å². The lowest BCUT2D eigenvalue weighted by molar-refractivity contribution is -0.126. The van der Waals surface area contributed by atoms with Crippen LogP contribution in [0.2, 0.25) is 0 Å². The first-order chi connectivity index (χ1) is 12.1. The summed E-state index contributed by atoms with van der Waals surface area (Å²) >= 11 is 1.25. The second kappa shape index (κ2) is 5.82. The van der Waals surface area contributed by atoms with Gasteiger partial charge in [-0.25, -0.2) is 4.90 Å². The van der Waals surface area contributed by atoms with Crippen molar-refractivity contribution in [1.82, 2.24) is 0 Å². The summed E-state index contributed by atoms with van der Waals surface area (Å²) in [7, 11) is 1.53. The van der Waals surface area contributed by atoms with Gasteiger partial charge >= 0.3 is 0 Å². The Kier molecular flexibility index (Phi) is 3.61. The quantitative estimate of drug-likeness (QED) is 0.617. The molecule has 0 bridgehead atoms. The van der Waals surface area contributed by atoms with Gasteiger partial charge in [-0.05, 0) is 35.7 Å². The first kappa shape index (κ1) is 15.5. The van der Waals surface area contributed by atoms with Crippen molar-refractivity contribution in [3.8, 4) is 5.75 Å². The highest BCUT2D eigenvalue weighted by atomic mass is 32.1. The Morgan fingerprint density at radius 1 is 1.20 bits per heavy atom. The van der Waals surface area contributed by atoms with Gasteiger partial charge in [-0.1, -0.05) is 11.2 Å². The summed E-state index contributed by atoms with van der Waals surface area (Å²) < 4.78 is 5.07. The lowest BCUT2D eigenvalue weighted by Gasteiger charge is -2.15. The van der Waals surface area contributed by atoms with Crippen molar-refractivity contribution < 1.29 is 24.0 Å². The van der Waals surface area contributed by atoms with Crippen LogP contribution < -0.4 is 9.64 Å². The molecular formula is C17H12N2O5S.